The number of hydrogen-bond donors (Lipinski definition) is 1. The predicted octanol–water partition coefficient (Wildman–Crippen LogP) is 1.28. The van der Waals surface area contributed by atoms with Gasteiger partial charge in [0.2, 0.25) is 0 Å². The number of halogens is 3. The number of aromatic nitrogens is 4. The Morgan fingerprint density at radius 3 is 2.64 bits per heavy atom. The van der Waals surface area contributed by atoms with Gasteiger partial charge in [-0.25, -0.2) is 14.6 Å². The summed E-state index contributed by atoms with van der Waals surface area (Å²) in [5.41, 5.74) is 0.639. The minimum Gasteiger partial charge on any atom is -0.394 e. The molecule has 0 aliphatic carbocycles. The highest BCUT2D eigenvalue weighted by molar-refractivity contribution is 5.86. The minimum atomic E-state index is -4.15. The Balaban J connectivity index is 1.72. The van der Waals surface area contributed by atoms with Gasteiger partial charge >= 0.3 is 6.18 Å². The summed E-state index contributed by atoms with van der Waals surface area (Å²) in [6.07, 6.45) is 0.239. The van der Waals surface area contributed by atoms with Crippen molar-refractivity contribution in [1.29, 1.82) is 0 Å². The molecule has 2 aromatic rings. The highest BCUT2D eigenvalue weighted by Gasteiger charge is 2.33. The Kier molecular flexibility index (Phi) is 5.09. The molecule has 2 aromatic heterocycles. The first-order valence-corrected chi connectivity index (χ1v) is 8.18. The van der Waals surface area contributed by atoms with E-state index >= 15 is 0 Å². The fourth-order valence-corrected chi connectivity index (χ4v) is 3.31. The molecule has 1 aliphatic heterocycles. The fourth-order valence-electron chi connectivity index (χ4n) is 3.31. The molecule has 1 aliphatic rings. The molecule has 0 radical (unpaired) electrons. The van der Waals surface area contributed by atoms with E-state index < -0.39 is 12.7 Å². The Morgan fingerprint density at radius 1 is 1.28 bits per heavy atom. The first kappa shape index (κ1) is 17.9. The number of aliphatic hydroxyl groups is 1. The van der Waals surface area contributed by atoms with Crippen LogP contribution < -0.4 is 4.90 Å². The lowest BCUT2D eigenvalue weighted by Gasteiger charge is -2.37. The van der Waals surface area contributed by atoms with E-state index in [9.17, 15) is 13.2 Å². The van der Waals surface area contributed by atoms with Crippen LogP contribution in [-0.4, -0.2) is 75.3 Å². The quantitative estimate of drug-likeness (QED) is 0.868. The molecule has 0 aromatic carbocycles. The molecule has 1 saturated heterocycles. The second-order valence-corrected chi connectivity index (χ2v) is 6.26. The van der Waals surface area contributed by atoms with Gasteiger partial charge in [-0.3, -0.25) is 4.90 Å². The van der Waals surface area contributed by atoms with Gasteiger partial charge in [0, 0.05) is 26.2 Å². The van der Waals surface area contributed by atoms with Gasteiger partial charge in [-0.1, -0.05) is 0 Å². The average Bonchev–Trinajstić information content (AvgIpc) is 2.97. The number of hydrogen-bond acceptors (Lipinski definition) is 6. The van der Waals surface area contributed by atoms with Gasteiger partial charge < -0.3 is 10.0 Å². The summed E-state index contributed by atoms with van der Waals surface area (Å²) >= 11 is 0. The van der Waals surface area contributed by atoms with Crippen LogP contribution in [0.15, 0.2) is 12.5 Å². The first-order chi connectivity index (χ1) is 11.9. The van der Waals surface area contributed by atoms with Crippen LogP contribution in [0.2, 0.25) is 0 Å². The molecule has 0 bridgehead atoms. The highest BCUT2D eigenvalue weighted by atomic mass is 19.4. The zero-order valence-electron chi connectivity index (χ0n) is 13.9. The molecule has 7 nitrogen and oxygen atoms in total. The number of rotatable bonds is 5. The van der Waals surface area contributed by atoms with Crippen molar-refractivity contribution >= 4 is 16.9 Å². The molecule has 1 N–H and O–H groups in total. The highest BCUT2D eigenvalue weighted by Crippen LogP contribution is 2.27. The maximum atomic E-state index is 12.5. The molecule has 0 saturated carbocycles. The molecule has 138 valence electrons. The summed E-state index contributed by atoms with van der Waals surface area (Å²) in [5, 5.41) is 14.1. The summed E-state index contributed by atoms with van der Waals surface area (Å²) in [6.45, 7) is 0.275. The second kappa shape index (κ2) is 7.12. The minimum absolute atomic E-state index is 0.0381. The zero-order chi connectivity index (χ0) is 18.0. The van der Waals surface area contributed by atoms with Gasteiger partial charge in [0.25, 0.3) is 0 Å². The molecular formula is C15H21F3N6O. The number of fused-ring (bicyclic) bond motifs is 1. The van der Waals surface area contributed by atoms with Crippen LogP contribution in [0.3, 0.4) is 0 Å². The van der Waals surface area contributed by atoms with E-state index in [4.69, 9.17) is 5.11 Å². The van der Waals surface area contributed by atoms with Crippen LogP contribution in [0.4, 0.5) is 19.0 Å². The monoisotopic (exact) mass is 358 g/mol. The molecule has 3 rings (SSSR count). The summed E-state index contributed by atoms with van der Waals surface area (Å²) in [4.78, 5) is 12.0. The van der Waals surface area contributed by atoms with Crippen molar-refractivity contribution in [2.75, 3.05) is 38.2 Å². The number of alkyl halides is 3. The number of nitrogens with zero attached hydrogens (tertiary/aromatic N) is 6. The van der Waals surface area contributed by atoms with Crippen LogP contribution in [-0.2, 0) is 6.54 Å². The molecular weight excluding hydrogens is 337 g/mol. The van der Waals surface area contributed by atoms with Crippen LogP contribution in [0.25, 0.3) is 11.0 Å². The third-order valence-corrected chi connectivity index (χ3v) is 4.57. The second-order valence-electron chi connectivity index (χ2n) is 6.26. The van der Waals surface area contributed by atoms with Crippen molar-refractivity contribution in [3.8, 4) is 0 Å². The summed E-state index contributed by atoms with van der Waals surface area (Å²) in [6, 6.07) is 0.115. The maximum Gasteiger partial charge on any atom is 0.401 e. The third-order valence-electron chi connectivity index (χ3n) is 4.57. The van der Waals surface area contributed by atoms with Crippen molar-refractivity contribution in [2.45, 2.75) is 31.6 Å². The summed E-state index contributed by atoms with van der Waals surface area (Å²) < 4.78 is 39.1. The van der Waals surface area contributed by atoms with E-state index in [1.165, 1.54) is 11.2 Å². The Bertz CT molecular complexity index is 711. The van der Waals surface area contributed by atoms with Crippen molar-refractivity contribution in [3.63, 3.8) is 0 Å². The molecule has 10 heteroatoms. The lowest BCUT2D eigenvalue weighted by molar-refractivity contribution is -0.147. The van der Waals surface area contributed by atoms with Gasteiger partial charge in [0.05, 0.1) is 31.3 Å². The van der Waals surface area contributed by atoms with Crippen molar-refractivity contribution in [3.05, 3.63) is 12.5 Å². The van der Waals surface area contributed by atoms with E-state index in [1.807, 2.05) is 11.9 Å². The topological polar surface area (TPSA) is 70.3 Å². The largest absolute Gasteiger partial charge is 0.401 e. The molecule has 0 amide bonds. The van der Waals surface area contributed by atoms with Gasteiger partial charge in [0.15, 0.2) is 5.65 Å². The number of piperidine rings is 1. The summed E-state index contributed by atoms with van der Waals surface area (Å²) in [7, 11) is 1.90. The average molecular weight is 358 g/mol. The van der Waals surface area contributed by atoms with Crippen LogP contribution >= 0.6 is 0 Å². The predicted molar refractivity (Wildman–Crippen MR) is 86.3 cm³/mol. The first-order valence-electron chi connectivity index (χ1n) is 8.18. The van der Waals surface area contributed by atoms with E-state index in [0.29, 0.717) is 43.9 Å². The van der Waals surface area contributed by atoms with Crippen molar-refractivity contribution in [2.24, 2.45) is 0 Å². The molecule has 0 spiro atoms. The van der Waals surface area contributed by atoms with Crippen LogP contribution in [0, 0.1) is 0 Å². The Labute approximate surface area is 143 Å². The standard InChI is InChI=1S/C15H21F3N6O/c1-22(11-2-4-23(5-3-11)9-15(16,17)18)13-12-8-21-24(6-7-25)14(12)20-10-19-13/h8,10-11,25H,2-7,9H2,1H3. The maximum absolute atomic E-state index is 12.5. The zero-order valence-corrected chi connectivity index (χ0v) is 13.9. The number of anilines is 1. The van der Waals surface area contributed by atoms with Gasteiger partial charge in [-0.2, -0.15) is 18.3 Å². The number of likely N-dealkylation sites (tertiary alicyclic amines) is 1. The van der Waals surface area contributed by atoms with Crippen molar-refractivity contribution in [1.82, 2.24) is 24.6 Å². The normalized spacial score (nSPS) is 17.3. The van der Waals surface area contributed by atoms with Gasteiger partial charge in [-0.15, -0.1) is 0 Å². The lowest BCUT2D eigenvalue weighted by atomic mass is 10.0. The molecule has 0 unspecified atom stereocenters. The molecule has 1 fully saturated rings. The Hall–Kier alpha value is -1.94. The van der Waals surface area contributed by atoms with E-state index in [-0.39, 0.29) is 12.6 Å². The van der Waals surface area contributed by atoms with Crippen molar-refractivity contribution < 1.29 is 18.3 Å². The molecule has 3 heterocycles. The van der Waals surface area contributed by atoms with Gasteiger partial charge in [0.1, 0.15) is 12.1 Å². The fraction of sp³-hybridized carbons (Fsp3) is 0.667. The van der Waals surface area contributed by atoms with E-state index in [2.05, 4.69) is 15.1 Å². The lowest BCUT2D eigenvalue weighted by Crippen LogP contribution is -2.46. The molecule has 0 atom stereocenters. The molecule has 25 heavy (non-hydrogen) atoms. The Morgan fingerprint density at radius 2 is 2.00 bits per heavy atom. The van der Waals surface area contributed by atoms with Crippen LogP contribution in [0.1, 0.15) is 12.8 Å². The smallest absolute Gasteiger partial charge is 0.394 e. The summed E-state index contributed by atoms with van der Waals surface area (Å²) in [5.74, 6) is 0.712. The van der Waals surface area contributed by atoms with E-state index in [1.54, 1.807) is 10.9 Å². The third kappa shape index (κ3) is 4.01. The van der Waals surface area contributed by atoms with Gasteiger partial charge in [-0.05, 0) is 12.8 Å². The SMILES string of the molecule is CN(c1ncnc2c1cnn2CCO)C1CCN(CC(F)(F)F)CC1. The number of aliphatic hydroxyl groups excluding tert-OH is 1. The van der Waals surface area contributed by atoms with Crippen LogP contribution in [0.5, 0.6) is 0 Å². The van der Waals surface area contributed by atoms with E-state index in [0.717, 1.165) is 5.39 Å².